The molecule has 0 bridgehead atoms. The summed E-state index contributed by atoms with van der Waals surface area (Å²) in [6.45, 7) is 0.988. The molecule has 2 aromatic rings. The number of nitrogens with one attached hydrogen (secondary N) is 1. The molecule has 0 spiro atoms. The number of thioether (sulfide) groups is 1. The van der Waals surface area contributed by atoms with Crippen molar-refractivity contribution in [2.45, 2.75) is 31.0 Å². The van der Waals surface area contributed by atoms with Crippen LogP contribution in [0.25, 0.3) is 10.9 Å². The van der Waals surface area contributed by atoms with Crippen LogP contribution in [0.15, 0.2) is 22.2 Å². The molecule has 2 aliphatic heterocycles. The van der Waals surface area contributed by atoms with E-state index in [4.69, 9.17) is 4.74 Å². The fraction of sp³-hybridized carbons (Fsp3) is 0.467. The molecule has 0 amide bonds. The van der Waals surface area contributed by atoms with Gasteiger partial charge in [-0.1, -0.05) is 11.8 Å². The van der Waals surface area contributed by atoms with Gasteiger partial charge in [-0.25, -0.2) is 9.98 Å². The lowest BCUT2D eigenvalue weighted by molar-refractivity contribution is -0.0955. The Morgan fingerprint density at radius 3 is 2.92 bits per heavy atom. The third-order valence-electron chi connectivity index (χ3n) is 4.57. The molecular weight excluding hydrogens is 362 g/mol. The first-order valence-corrected chi connectivity index (χ1v) is 9.07. The molecule has 26 heavy (non-hydrogen) atoms. The lowest BCUT2D eigenvalue weighted by Crippen LogP contribution is -2.44. The number of nitrogens with zero attached hydrogens (tertiary/aromatic N) is 4. The zero-order valence-electron chi connectivity index (χ0n) is 13.9. The SMILES string of the molecule is CSC1=Nc2c3c(nc(=O)cnc3cn2C2O[C@H](CO)[C@@H](O)C2(C)O)N1. The van der Waals surface area contributed by atoms with Crippen LogP contribution in [0.2, 0.25) is 0 Å². The minimum absolute atomic E-state index is 0.312. The van der Waals surface area contributed by atoms with Gasteiger partial charge in [-0.15, -0.1) is 0 Å². The molecule has 4 rings (SSSR count). The van der Waals surface area contributed by atoms with Crippen LogP contribution in [0.1, 0.15) is 13.2 Å². The molecule has 2 aromatic heterocycles. The van der Waals surface area contributed by atoms with Gasteiger partial charge in [0.25, 0.3) is 5.56 Å². The number of hydrogen-bond donors (Lipinski definition) is 4. The summed E-state index contributed by atoms with van der Waals surface area (Å²) in [5.41, 5.74) is -1.73. The number of rotatable bonds is 2. The maximum atomic E-state index is 11.8. The van der Waals surface area contributed by atoms with Gasteiger partial charge >= 0.3 is 0 Å². The Hall–Kier alpha value is -2.05. The molecule has 0 aromatic carbocycles. The Kier molecular flexibility index (Phi) is 4.00. The fourth-order valence-electron chi connectivity index (χ4n) is 3.24. The van der Waals surface area contributed by atoms with Crippen molar-refractivity contribution in [1.82, 2.24) is 14.5 Å². The predicted octanol–water partition coefficient (Wildman–Crippen LogP) is -0.431. The second-order valence-electron chi connectivity index (χ2n) is 6.30. The second kappa shape index (κ2) is 5.99. The molecule has 2 aliphatic rings. The fourth-order valence-corrected chi connectivity index (χ4v) is 3.62. The molecule has 138 valence electrons. The standard InChI is InChI=1S/C15H17N5O5S/c1-15(24)10(23)7(5-21)25-13(15)20-4-6-9-11(17-8(22)3-16-6)18-14(26-2)19-12(9)20/h3-4,7,10,13,21,23-24H,5H2,1-2H3,(H,17,18,19,22)/t7-,10-,13?,15?/m1/s1. The van der Waals surface area contributed by atoms with E-state index in [2.05, 4.69) is 20.3 Å². The average molecular weight is 379 g/mol. The molecule has 0 aliphatic carbocycles. The number of aliphatic hydroxyl groups excluding tert-OH is 2. The first kappa shape index (κ1) is 17.4. The molecule has 10 nitrogen and oxygen atoms in total. The predicted molar refractivity (Wildman–Crippen MR) is 95.7 cm³/mol. The summed E-state index contributed by atoms with van der Waals surface area (Å²) in [4.78, 5) is 24.4. The topological polar surface area (TPSA) is 142 Å². The minimum atomic E-state index is -1.67. The van der Waals surface area contributed by atoms with Crippen LogP contribution in [0.5, 0.6) is 0 Å². The maximum absolute atomic E-state index is 11.8. The number of aliphatic hydroxyl groups is 3. The summed E-state index contributed by atoms with van der Waals surface area (Å²) in [6.07, 6.45) is 1.27. The summed E-state index contributed by atoms with van der Waals surface area (Å²) >= 11 is 1.33. The van der Waals surface area contributed by atoms with E-state index in [1.807, 2.05) is 6.26 Å². The van der Waals surface area contributed by atoms with Crippen LogP contribution >= 0.6 is 11.8 Å². The van der Waals surface area contributed by atoms with Crippen molar-refractivity contribution < 1.29 is 20.1 Å². The largest absolute Gasteiger partial charge is 0.394 e. The highest BCUT2D eigenvalue weighted by Gasteiger charge is 2.53. The molecule has 2 unspecified atom stereocenters. The molecule has 0 radical (unpaired) electrons. The van der Waals surface area contributed by atoms with Crippen molar-refractivity contribution in [3.63, 3.8) is 0 Å². The van der Waals surface area contributed by atoms with Gasteiger partial charge in [-0.3, -0.25) is 4.79 Å². The van der Waals surface area contributed by atoms with E-state index in [-0.39, 0.29) is 0 Å². The number of aromatic nitrogens is 3. The Morgan fingerprint density at radius 2 is 2.27 bits per heavy atom. The van der Waals surface area contributed by atoms with E-state index in [0.717, 1.165) is 6.20 Å². The van der Waals surface area contributed by atoms with Crippen molar-refractivity contribution in [3.05, 3.63) is 22.7 Å². The van der Waals surface area contributed by atoms with E-state index in [0.29, 0.717) is 27.7 Å². The minimum Gasteiger partial charge on any atom is -0.394 e. The Balaban J connectivity index is 1.96. The molecule has 4 heterocycles. The van der Waals surface area contributed by atoms with Crippen molar-refractivity contribution in [2.75, 3.05) is 18.2 Å². The van der Waals surface area contributed by atoms with Crippen LogP contribution < -0.4 is 10.9 Å². The third kappa shape index (κ3) is 2.43. The molecule has 11 heteroatoms. The first-order valence-electron chi connectivity index (χ1n) is 7.85. The summed E-state index contributed by atoms with van der Waals surface area (Å²) in [5.74, 6) is 0.706. The summed E-state index contributed by atoms with van der Waals surface area (Å²) in [6, 6.07) is 0. The van der Waals surface area contributed by atoms with Crippen LogP contribution in [0.4, 0.5) is 11.6 Å². The number of aliphatic imine (C=N–C) groups is 1. The van der Waals surface area contributed by atoms with Crippen molar-refractivity contribution in [1.29, 1.82) is 0 Å². The monoisotopic (exact) mass is 379 g/mol. The molecule has 0 saturated carbocycles. The van der Waals surface area contributed by atoms with E-state index in [1.165, 1.54) is 18.7 Å². The summed E-state index contributed by atoms with van der Waals surface area (Å²) in [5, 5.41) is 34.4. The quantitative estimate of drug-likeness (QED) is 0.546. The third-order valence-corrected chi connectivity index (χ3v) is 5.15. The second-order valence-corrected chi connectivity index (χ2v) is 7.10. The van der Waals surface area contributed by atoms with E-state index < -0.39 is 36.2 Å². The van der Waals surface area contributed by atoms with Gasteiger partial charge in [0.2, 0.25) is 0 Å². The zero-order valence-corrected chi connectivity index (χ0v) is 14.8. The maximum Gasteiger partial charge on any atom is 0.290 e. The van der Waals surface area contributed by atoms with Gasteiger partial charge in [0.05, 0.1) is 23.7 Å². The summed E-state index contributed by atoms with van der Waals surface area (Å²) in [7, 11) is 0. The van der Waals surface area contributed by atoms with Crippen LogP contribution in [0.3, 0.4) is 0 Å². The molecule has 4 N–H and O–H groups in total. The van der Waals surface area contributed by atoms with E-state index in [1.54, 1.807) is 10.8 Å². The highest BCUT2D eigenvalue weighted by molar-refractivity contribution is 8.13. The molecule has 1 fully saturated rings. The van der Waals surface area contributed by atoms with Crippen LogP contribution in [-0.2, 0) is 4.74 Å². The van der Waals surface area contributed by atoms with E-state index >= 15 is 0 Å². The number of ether oxygens (including phenoxy) is 1. The lowest BCUT2D eigenvalue weighted by Gasteiger charge is -2.28. The summed E-state index contributed by atoms with van der Waals surface area (Å²) < 4.78 is 7.23. The zero-order chi connectivity index (χ0) is 18.6. The average Bonchev–Trinajstić information content (AvgIpc) is 3.01. The lowest BCUT2D eigenvalue weighted by atomic mass is 9.96. The van der Waals surface area contributed by atoms with Crippen LogP contribution in [-0.4, -0.2) is 65.7 Å². The highest BCUT2D eigenvalue weighted by Crippen LogP contribution is 2.44. The van der Waals surface area contributed by atoms with Crippen molar-refractivity contribution in [3.8, 4) is 0 Å². The van der Waals surface area contributed by atoms with Crippen molar-refractivity contribution in [2.24, 2.45) is 4.99 Å². The number of anilines is 1. The Morgan fingerprint density at radius 1 is 1.50 bits per heavy atom. The van der Waals surface area contributed by atoms with Crippen LogP contribution in [0, 0.1) is 0 Å². The number of hydrogen-bond acceptors (Lipinski definition) is 10. The van der Waals surface area contributed by atoms with Crippen molar-refractivity contribution >= 4 is 39.5 Å². The van der Waals surface area contributed by atoms with Gasteiger partial charge in [0.15, 0.2) is 17.2 Å². The van der Waals surface area contributed by atoms with Gasteiger partial charge < -0.3 is 29.9 Å². The van der Waals surface area contributed by atoms with Gasteiger partial charge in [-0.05, 0) is 13.2 Å². The highest BCUT2D eigenvalue weighted by atomic mass is 32.2. The Labute approximate surface area is 151 Å². The molecule has 4 atom stereocenters. The van der Waals surface area contributed by atoms with Gasteiger partial charge in [0.1, 0.15) is 23.6 Å². The van der Waals surface area contributed by atoms with Gasteiger partial charge in [0, 0.05) is 6.20 Å². The molecular formula is C15H17N5O5S. The first-order chi connectivity index (χ1) is 12.4. The smallest absolute Gasteiger partial charge is 0.290 e. The van der Waals surface area contributed by atoms with E-state index in [9.17, 15) is 20.1 Å². The number of amidine groups is 1. The normalized spacial score (nSPS) is 30.3. The Bertz CT molecular complexity index is 975. The van der Waals surface area contributed by atoms with Gasteiger partial charge in [-0.2, -0.15) is 4.98 Å². The molecule has 1 saturated heterocycles.